The van der Waals surface area contributed by atoms with Gasteiger partial charge in [0.1, 0.15) is 5.75 Å². The van der Waals surface area contributed by atoms with Crippen LogP contribution < -0.4 is 4.90 Å². The lowest BCUT2D eigenvalue weighted by Gasteiger charge is -2.42. The van der Waals surface area contributed by atoms with Crippen LogP contribution in [0.15, 0.2) is 76.9 Å². The van der Waals surface area contributed by atoms with Crippen LogP contribution in [0.1, 0.15) is 36.8 Å². The van der Waals surface area contributed by atoms with Gasteiger partial charge in [-0.25, -0.2) is 0 Å². The molecule has 3 aliphatic carbocycles. The molecular weight excluding hydrogens is 581 g/mol. The molecule has 1 aliphatic heterocycles. The number of aryl methyl sites for hydroxylation is 1. The van der Waals surface area contributed by atoms with E-state index in [0.717, 1.165) is 9.14 Å². The number of fused-ring (bicyclic) bond motifs is 3. The fraction of sp³-hybridized carbons (Fsp3) is 0.267. The van der Waals surface area contributed by atoms with Gasteiger partial charge in [0, 0.05) is 31.8 Å². The maximum absolute atomic E-state index is 13.9. The Hall–Kier alpha value is -3.33. The number of carbonyl (C=O) groups excluding carboxylic acids is 4. The molecule has 1 fully saturated rings. The number of Topliss-reactive ketones (excluding diaryl/α,β-unsaturated/α-hetero) is 1. The van der Waals surface area contributed by atoms with Gasteiger partial charge in [-0.2, -0.15) is 0 Å². The molecule has 1 heterocycles. The van der Waals surface area contributed by atoms with E-state index in [0.29, 0.717) is 40.0 Å². The first-order valence-corrected chi connectivity index (χ1v) is 13.4. The fourth-order valence-electron chi connectivity index (χ4n) is 6.48. The van der Waals surface area contributed by atoms with Gasteiger partial charge in [0.05, 0.1) is 17.5 Å². The summed E-state index contributed by atoms with van der Waals surface area (Å²) in [4.78, 5) is 55.3. The molecule has 2 aromatic carbocycles. The summed E-state index contributed by atoms with van der Waals surface area (Å²) in [5.41, 5.74) is 3.72. The average Bonchev–Trinajstić information content (AvgIpc) is 3.13. The van der Waals surface area contributed by atoms with Crippen molar-refractivity contribution >= 4 is 51.7 Å². The molecule has 0 spiro atoms. The Morgan fingerprint density at radius 1 is 0.946 bits per heavy atom. The molecule has 0 aromatic heterocycles. The minimum absolute atomic E-state index is 0.0739. The normalized spacial score (nSPS) is 27.1. The molecule has 2 aromatic rings. The molecule has 37 heavy (non-hydrogen) atoms. The zero-order valence-corrected chi connectivity index (χ0v) is 22.5. The van der Waals surface area contributed by atoms with Crippen LogP contribution in [0.3, 0.4) is 0 Å². The van der Waals surface area contributed by atoms with E-state index in [2.05, 4.69) is 22.6 Å². The second-order valence-electron chi connectivity index (χ2n) is 10.2. The number of anilines is 1. The van der Waals surface area contributed by atoms with Gasteiger partial charge in [-0.05, 0) is 91.1 Å². The van der Waals surface area contributed by atoms with Crippen molar-refractivity contribution in [1.82, 2.24) is 0 Å². The van der Waals surface area contributed by atoms with Gasteiger partial charge >= 0.3 is 0 Å². The van der Waals surface area contributed by atoms with Crippen molar-refractivity contribution in [2.75, 3.05) is 4.90 Å². The minimum Gasteiger partial charge on any atom is -0.507 e. The van der Waals surface area contributed by atoms with Crippen LogP contribution in [0.5, 0.6) is 5.75 Å². The van der Waals surface area contributed by atoms with Crippen LogP contribution in [-0.4, -0.2) is 28.5 Å². The van der Waals surface area contributed by atoms with Gasteiger partial charge < -0.3 is 5.11 Å². The van der Waals surface area contributed by atoms with Crippen LogP contribution in [0.4, 0.5) is 5.69 Å². The van der Waals surface area contributed by atoms with Gasteiger partial charge in [-0.3, -0.25) is 24.1 Å². The van der Waals surface area contributed by atoms with E-state index in [1.54, 1.807) is 38.1 Å². The third-order valence-corrected chi connectivity index (χ3v) is 8.95. The van der Waals surface area contributed by atoms with Crippen molar-refractivity contribution in [2.24, 2.45) is 17.8 Å². The number of amides is 2. The highest BCUT2D eigenvalue weighted by atomic mass is 127. The molecule has 1 saturated heterocycles. The summed E-state index contributed by atoms with van der Waals surface area (Å²) in [5.74, 6) is -3.11. The Balaban J connectivity index is 1.50. The number of carbonyl (C=O) groups is 4. The van der Waals surface area contributed by atoms with Gasteiger partial charge in [0.25, 0.3) is 0 Å². The summed E-state index contributed by atoms with van der Waals surface area (Å²) >= 11 is 2.18. The second kappa shape index (κ2) is 8.62. The number of rotatable bonds is 2. The van der Waals surface area contributed by atoms with Crippen LogP contribution in [-0.2, 0) is 19.2 Å². The number of phenolic OH excluding ortho intramolecular Hbond substituents is 1. The maximum atomic E-state index is 13.9. The highest BCUT2D eigenvalue weighted by Crippen LogP contribution is 2.56. The Labute approximate surface area is 227 Å². The van der Waals surface area contributed by atoms with Crippen LogP contribution >= 0.6 is 22.6 Å². The molecule has 2 amide bonds. The number of aromatic hydroxyl groups is 1. The fourth-order valence-corrected chi connectivity index (χ4v) is 6.84. The molecule has 6 nitrogen and oxygen atoms in total. The van der Waals surface area contributed by atoms with Crippen LogP contribution in [0.25, 0.3) is 0 Å². The summed E-state index contributed by atoms with van der Waals surface area (Å²) < 4.78 is 0.998. The lowest BCUT2D eigenvalue weighted by Crippen LogP contribution is -2.39. The zero-order chi connectivity index (χ0) is 26.2. The number of benzene rings is 2. The topological polar surface area (TPSA) is 91.8 Å². The third kappa shape index (κ3) is 3.50. The van der Waals surface area contributed by atoms with Crippen molar-refractivity contribution in [2.45, 2.75) is 32.6 Å². The predicted molar refractivity (Wildman–Crippen MR) is 146 cm³/mol. The van der Waals surface area contributed by atoms with Gasteiger partial charge in [-0.15, -0.1) is 0 Å². The number of ketones is 2. The number of halogens is 1. The Bertz CT molecular complexity index is 1510. The standard InChI is InChI=1S/C30H24INO5/c1-14-4-3-5-19(27(14)34)24-18-10-11-20-25(21(18)13-22-23(33)12-15(2)28(35)26(22)24)30(37)32(29(20)36)17-8-6-16(31)7-9-17/h3-10,12,20-21,24-25,34H,11,13H2,1-2H3/t20-,21+,24+,25-/m0/s1. The molecule has 0 bridgehead atoms. The van der Waals surface area contributed by atoms with Gasteiger partial charge in [0.2, 0.25) is 11.8 Å². The Morgan fingerprint density at radius 3 is 2.41 bits per heavy atom. The highest BCUT2D eigenvalue weighted by Gasteiger charge is 2.56. The third-order valence-electron chi connectivity index (χ3n) is 8.23. The van der Waals surface area contributed by atoms with E-state index >= 15 is 0 Å². The highest BCUT2D eigenvalue weighted by molar-refractivity contribution is 14.1. The first-order valence-electron chi connectivity index (χ1n) is 12.3. The van der Waals surface area contributed by atoms with Crippen molar-refractivity contribution in [1.29, 1.82) is 0 Å². The van der Waals surface area contributed by atoms with Crippen molar-refractivity contribution in [3.63, 3.8) is 0 Å². The average molecular weight is 605 g/mol. The molecule has 1 N–H and O–H groups in total. The second-order valence-corrected chi connectivity index (χ2v) is 11.5. The number of imide groups is 1. The largest absolute Gasteiger partial charge is 0.507 e. The minimum atomic E-state index is -0.648. The van der Waals surface area contributed by atoms with Crippen LogP contribution in [0, 0.1) is 28.2 Å². The summed E-state index contributed by atoms with van der Waals surface area (Å²) in [7, 11) is 0. The number of hydrogen-bond donors (Lipinski definition) is 1. The molecule has 4 aliphatic rings. The number of phenols is 1. The molecule has 7 heteroatoms. The Morgan fingerprint density at radius 2 is 1.68 bits per heavy atom. The summed E-state index contributed by atoms with van der Waals surface area (Å²) in [6.45, 7) is 3.42. The first kappa shape index (κ1) is 24.0. The summed E-state index contributed by atoms with van der Waals surface area (Å²) in [5, 5.41) is 11.1. The van der Waals surface area contributed by atoms with Crippen molar-refractivity contribution in [3.8, 4) is 5.75 Å². The van der Waals surface area contributed by atoms with E-state index in [1.807, 2.05) is 24.3 Å². The summed E-state index contributed by atoms with van der Waals surface area (Å²) in [6, 6.07) is 12.6. The number of nitrogens with zero attached hydrogens (tertiary/aromatic N) is 1. The zero-order valence-electron chi connectivity index (χ0n) is 20.3. The molecule has 0 unspecified atom stereocenters. The molecule has 0 radical (unpaired) electrons. The number of allylic oxidation sites excluding steroid dienone is 6. The van der Waals surface area contributed by atoms with Gasteiger partial charge in [-0.1, -0.05) is 29.8 Å². The molecule has 0 saturated carbocycles. The lowest BCUT2D eigenvalue weighted by atomic mass is 9.59. The molecule has 186 valence electrons. The SMILES string of the molecule is CC1=CC(=O)C2=C(C1=O)[C@@H](c1cccc(C)c1O)C1=CC[C@@H]3C(=O)N(c4ccc(I)cc4)C(=O)[C@@H]3[C@@H]1C2. The summed E-state index contributed by atoms with van der Waals surface area (Å²) in [6.07, 6.45) is 3.92. The molecule has 6 rings (SSSR count). The number of para-hydroxylation sites is 1. The predicted octanol–water partition coefficient (Wildman–Crippen LogP) is 4.94. The van der Waals surface area contributed by atoms with E-state index in [1.165, 1.54) is 11.0 Å². The number of hydrogen-bond acceptors (Lipinski definition) is 5. The van der Waals surface area contributed by atoms with Crippen molar-refractivity contribution < 1.29 is 24.3 Å². The lowest BCUT2D eigenvalue weighted by molar-refractivity contribution is -0.123. The monoisotopic (exact) mass is 605 g/mol. The first-order chi connectivity index (χ1) is 17.7. The van der Waals surface area contributed by atoms with E-state index in [9.17, 15) is 24.3 Å². The van der Waals surface area contributed by atoms with Crippen LogP contribution in [0.2, 0.25) is 0 Å². The van der Waals surface area contributed by atoms with Gasteiger partial charge in [0.15, 0.2) is 11.6 Å². The molecule has 4 atom stereocenters. The quantitative estimate of drug-likeness (QED) is 0.227. The van der Waals surface area contributed by atoms with E-state index < -0.39 is 23.7 Å². The van der Waals surface area contributed by atoms with Crippen molar-refractivity contribution in [3.05, 3.63) is 91.6 Å². The molecular formula is C30H24INO5. The van der Waals surface area contributed by atoms with E-state index in [-0.39, 0.29) is 35.6 Å². The Kier molecular flexibility index (Phi) is 5.60. The van der Waals surface area contributed by atoms with E-state index in [4.69, 9.17) is 0 Å². The smallest absolute Gasteiger partial charge is 0.238 e. The maximum Gasteiger partial charge on any atom is 0.238 e.